The summed E-state index contributed by atoms with van der Waals surface area (Å²) in [5.74, 6) is 2.19. The molecule has 2 rings (SSSR count). The molecule has 106 valence electrons. The van der Waals surface area contributed by atoms with Crippen LogP contribution in [-0.4, -0.2) is 25.0 Å². The molecule has 1 aliphatic carbocycles. The van der Waals surface area contributed by atoms with Gasteiger partial charge in [0.05, 0.1) is 0 Å². The first-order valence-electron chi connectivity index (χ1n) is 8.53. The molecule has 1 saturated heterocycles. The summed E-state index contributed by atoms with van der Waals surface area (Å²) in [6.07, 6.45) is 18.0. The summed E-state index contributed by atoms with van der Waals surface area (Å²) in [6.45, 7) is 2.65. The summed E-state index contributed by atoms with van der Waals surface area (Å²) < 4.78 is 0. The zero-order chi connectivity index (χ0) is 12.6. The standard InChI is InChI=1S/C17H33N/c1-18-13-7-4-2-3-5-9-16-11-12-17(15-16)10-6-8-14-18/h16-17H,2-15H2,1H3. The van der Waals surface area contributed by atoms with E-state index in [-0.39, 0.29) is 0 Å². The van der Waals surface area contributed by atoms with Crippen LogP contribution < -0.4 is 0 Å². The highest BCUT2D eigenvalue weighted by Gasteiger charge is 2.23. The monoisotopic (exact) mass is 251 g/mol. The summed E-state index contributed by atoms with van der Waals surface area (Å²) in [6, 6.07) is 0. The van der Waals surface area contributed by atoms with E-state index in [9.17, 15) is 0 Å². The van der Waals surface area contributed by atoms with Gasteiger partial charge in [-0.15, -0.1) is 0 Å². The molecule has 0 aromatic heterocycles. The fourth-order valence-electron chi connectivity index (χ4n) is 3.97. The van der Waals surface area contributed by atoms with E-state index in [0.717, 1.165) is 11.8 Å². The second kappa shape index (κ2) is 8.19. The summed E-state index contributed by atoms with van der Waals surface area (Å²) >= 11 is 0. The summed E-state index contributed by atoms with van der Waals surface area (Å²) in [5, 5.41) is 0. The van der Waals surface area contributed by atoms with Crippen LogP contribution in [0.5, 0.6) is 0 Å². The van der Waals surface area contributed by atoms with Gasteiger partial charge in [0.25, 0.3) is 0 Å². The van der Waals surface area contributed by atoms with E-state index in [1.807, 2.05) is 0 Å². The first kappa shape index (κ1) is 14.4. The Labute approximate surface area is 114 Å². The minimum Gasteiger partial charge on any atom is -0.306 e. The Bertz CT molecular complexity index is 214. The number of hydrogen-bond donors (Lipinski definition) is 0. The molecule has 1 nitrogen and oxygen atoms in total. The largest absolute Gasteiger partial charge is 0.306 e. The molecular formula is C17H33N. The molecule has 2 unspecified atom stereocenters. The van der Waals surface area contributed by atoms with Gasteiger partial charge in [0.1, 0.15) is 0 Å². The minimum absolute atomic E-state index is 1.09. The van der Waals surface area contributed by atoms with Crippen molar-refractivity contribution in [2.75, 3.05) is 20.1 Å². The maximum atomic E-state index is 2.55. The second-order valence-corrected chi connectivity index (χ2v) is 6.90. The molecule has 0 spiro atoms. The van der Waals surface area contributed by atoms with Crippen molar-refractivity contribution in [1.29, 1.82) is 0 Å². The van der Waals surface area contributed by atoms with Crippen LogP contribution in [0, 0.1) is 11.8 Å². The van der Waals surface area contributed by atoms with Gasteiger partial charge in [-0.1, -0.05) is 57.8 Å². The maximum absolute atomic E-state index is 2.55. The second-order valence-electron chi connectivity index (χ2n) is 6.90. The first-order valence-corrected chi connectivity index (χ1v) is 8.53. The molecule has 1 heteroatoms. The van der Waals surface area contributed by atoms with Crippen molar-refractivity contribution in [2.24, 2.45) is 11.8 Å². The average Bonchev–Trinajstić information content (AvgIpc) is 2.80. The molecule has 18 heavy (non-hydrogen) atoms. The zero-order valence-electron chi connectivity index (χ0n) is 12.5. The van der Waals surface area contributed by atoms with Crippen LogP contribution in [-0.2, 0) is 0 Å². The molecule has 0 radical (unpaired) electrons. The fraction of sp³-hybridized carbons (Fsp3) is 1.00. The van der Waals surface area contributed by atoms with Gasteiger partial charge >= 0.3 is 0 Å². The highest BCUT2D eigenvalue weighted by Crippen LogP contribution is 2.37. The van der Waals surface area contributed by atoms with Gasteiger partial charge < -0.3 is 4.90 Å². The number of hydrogen-bond acceptors (Lipinski definition) is 1. The first-order chi connectivity index (χ1) is 8.84. The van der Waals surface area contributed by atoms with E-state index in [1.54, 1.807) is 19.3 Å². The molecule has 0 amide bonds. The van der Waals surface area contributed by atoms with Crippen molar-refractivity contribution in [3.8, 4) is 0 Å². The quantitative estimate of drug-likeness (QED) is 0.594. The van der Waals surface area contributed by atoms with E-state index in [0.29, 0.717) is 0 Å². The molecule has 0 N–H and O–H groups in total. The van der Waals surface area contributed by atoms with Gasteiger partial charge in [-0.25, -0.2) is 0 Å². The van der Waals surface area contributed by atoms with Gasteiger partial charge in [-0.3, -0.25) is 0 Å². The predicted octanol–water partition coefficient (Wildman–Crippen LogP) is 4.86. The molecule has 1 saturated carbocycles. The van der Waals surface area contributed by atoms with Crippen LogP contribution >= 0.6 is 0 Å². The molecule has 0 aromatic carbocycles. The zero-order valence-corrected chi connectivity index (χ0v) is 12.5. The summed E-state index contributed by atoms with van der Waals surface area (Å²) in [7, 11) is 2.31. The molecule has 1 aliphatic heterocycles. The Kier molecular flexibility index (Phi) is 6.54. The molecule has 2 bridgehead atoms. The van der Waals surface area contributed by atoms with Crippen molar-refractivity contribution in [2.45, 2.75) is 77.0 Å². The lowest BCUT2D eigenvalue weighted by molar-refractivity contribution is 0.310. The van der Waals surface area contributed by atoms with E-state index >= 15 is 0 Å². The SMILES string of the molecule is CN1CCCCCCCC2CCC(CCCC1)C2. The number of nitrogens with zero attached hydrogens (tertiary/aromatic N) is 1. The van der Waals surface area contributed by atoms with Gasteiger partial charge in [0.2, 0.25) is 0 Å². The summed E-state index contributed by atoms with van der Waals surface area (Å²) in [4.78, 5) is 2.55. The lowest BCUT2D eigenvalue weighted by atomic mass is 9.95. The van der Waals surface area contributed by atoms with Crippen LogP contribution in [0.3, 0.4) is 0 Å². The molecule has 2 fully saturated rings. The molecule has 0 aromatic rings. The third-order valence-corrected chi connectivity index (χ3v) is 5.20. The van der Waals surface area contributed by atoms with Crippen LogP contribution in [0.2, 0.25) is 0 Å². The average molecular weight is 251 g/mol. The van der Waals surface area contributed by atoms with Crippen LogP contribution in [0.1, 0.15) is 77.0 Å². The van der Waals surface area contributed by atoms with Crippen molar-refractivity contribution < 1.29 is 0 Å². The van der Waals surface area contributed by atoms with E-state index in [4.69, 9.17) is 0 Å². The summed E-state index contributed by atoms with van der Waals surface area (Å²) in [5.41, 5.74) is 0. The Morgan fingerprint density at radius 1 is 0.611 bits per heavy atom. The third kappa shape index (κ3) is 5.30. The van der Waals surface area contributed by atoms with E-state index in [2.05, 4.69) is 11.9 Å². The number of rotatable bonds is 0. The Morgan fingerprint density at radius 3 is 1.83 bits per heavy atom. The van der Waals surface area contributed by atoms with Crippen molar-refractivity contribution >= 4 is 0 Å². The van der Waals surface area contributed by atoms with Crippen LogP contribution in [0.4, 0.5) is 0 Å². The number of fused-ring (bicyclic) bond motifs is 2. The van der Waals surface area contributed by atoms with Gasteiger partial charge in [-0.2, -0.15) is 0 Å². The van der Waals surface area contributed by atoms with Crippen molar-refractivity contribution in [1.82, 2.24) is 4.90 Å². The molecule has 2 aliphatic rings. The Hall–Kier alpha value is -0.0400. The molecule has 1 heterocycles. The highest BCUT2D eigenvalue weighted by atomic mass is 15.1. The normalized spacial score (nSPS) is 33.8. The lowest BCUT2D eigenvalue weighted by Crippen LogP contribution is -2.21. The maximum Gasteiger partial charge on any atom is -0.00218 e. The van der Waals surface area contributed by atoms with E-state index < -0.39 is 0 Å². The fourth-order valence-corrected chi connectivity index (χ4v) is 3.97. The molecular weight excluding hydrogens is 218 g/mol. The van der Waals surface area contributed by atoms with Gasteiger partial charge in [0, 0.05) is 0 Å². The lowest BCUT2D eigenvalue weighted by Gasteiger charge is -2.17. The Balaban J connectivity index is 1.72. The van der Waals surface area contributed by atoms with Gasteiger partial charge in [-0.05, 0) is 51.2 Å². The predicted molar refractivity (Wildman–Crippen MR) is 79.9 cm³/mol. The highest BCUT2D eigenvalue weighted by molar-refractivity contribution is 4.76. The Morgan fingerprint density at radius 2 is 1.11 bits per heavy atom. The van der Waals surface area contributed by atoms with E-state index in [1.165, 1.54) is 70.9 Å². The minimum atomic E-state index is 1.09. The van der Waals surface area contributed by atoms with Gasteiger partial charge in [0.15, 0.2) is 0 Å². The topological polar surface area (TPSA) is 3.24 Å². The van der Waals surface area contributed by atoms with Crippen LogP contribution in [0.15, 0.2) is 0 Å². The van der Waals surface area contributed by atoms with Crippen molar-refractivity contribution in [3.63, 3.8) is 0 Å². The van der Waals surface area contributed by atoms with Crippen molar-refractivity contribution in [3.05, 3.63) is 0 Å². The van der Waals surface area contributed by atoms with Crippen LogP contribution in [0.25, 0.3) is 0 Å². The third-order valence-electron chi connectivity index (χ3n) is 5.20. The smallest absolute Gasteiger partial charge is 0.00218 e. The molecule has 2 atom stereocenters.